The Morgan fingerprint density at radius 2 is 2.36 bits per heavy atom. The lowest BCUT2D eigenvalue weighted by atomic mass is 10.2. The van der Waals surface area contributed by atoms with E-state index in [1.54, 1.807) is 11.8 Å². The highest BCUT2D eigenvalue weighted by atomic mass is 32.2. The Morgan fingerprint density at radius 3 is 3.14 bits per heavy atom. The minimum Gasteiger partial charge on any atom is -0.488 e. The summed E-state index contributed by atoms with van der Waals surface area (Å²) in [4.78, 5) is 11.6. The minimum atomic E-state index is -0.810. The highest BCUT2D eigenvalue weighted by molar-refractivity contribution is 7.99. The van der Waals surface area contributed by atoms with Crippen LogP contribution >= 0.6 is 11.8 Å². The summed E-state index contributed by atoms with van der Waals surface area (Å²) in [5.74, 6) is 0.702. The Labute approximate surface area is 86.1 Å². The van der Waals surface area contributed by atoms with Crippen LogP contribution in [0.15, 0.2) is 29.2 Å². The maximum atomic E-state index is 10.5. The van der Waals surface area contributed by atoms with Gasteiger partial charge in [0.2, 0.25) is 0 Å². The Morgan fingerprint density at radius 1 is 1.57 bits per heavy atom. The van der Waals surface area contributed by atoms with Crippen molar-refractivity contribution in [3.05, 3.63) is 24.3 Å². The van der Waals surface area contributed by atoms with Crippen LogP contribution in [0.4, 0.5) is 0 Å². The molecule has 0 bridgehead atoms. The van der Waals surface area contributed by atoms with E-state index in [9.17, 15) is 4.79 Å². The third-order valence-electron chi connectivity index (χ3n) is 1.97. The Hall–Kier alpha value is -1.16. The molecule has 0 fully saturated rings. The van der Waals surface area contributed by atoms with Gasteiger partial charge in [0, 0.05) is 10.6 Å². The van der Waals surface area contributed by atoms with Crippen LogP contribution in [0.3, 0.4) is 0 Å². The number of thioether (sulfide) groups is 1. The first-order valence-corrected chi connectivity index (χ1v) is 5.34. The van der Waals surface area contributed by atoms with Gasteiger partial charge >= 0.3 is 5.97 Å². The SMILES string of the molecule is O=C(O)C[C@@H]1CSc2ccccc2O1. The molecule has 0 spiro atoms. The molecule has 1 atom stereocenters. The summed E-state index contributed by atoms with van der Waals surface area (Å²) in [5, 5.41) is 8.62. The molecule has 1 aliphatic rings. The highest BCUT2D eigenvalue weighted by Crippen LogP contribution is 2.35. The number of carboxylic acids is 1. The fourth-order valence-corrected chi connectivity index (χ4v) is 2.34. The molecule has 1 aromatic rings. The van der Waals surface area contributed by atoms with Gasteiger partial charge < -0.3 is 9.84 Å². The summed E-state index contributed by atoms with van der Waals surface area (Å²) >= 11 is 1.65. The first-order valence-electron chi connectivity index (χ1n) is 4.36. The van der Waals surface area contributed by atoms with Gasteiger partial charge in [0.25, 0.3) is 0 Å². The molecule has 2 rings (SSSR count). The van der Waals surface area contributed by atoms with E-state index in [0.717, 1.165) is 10.6 Å². The number of carboxylic acid groups (broad SMARTS) is 1. The molecule has 1 aliphatic heterocycles. The fraction of sp³-hybridized carbons (Fsp3) is 0.300. The van der Waals surface area contributed by atoms with Crippen molar-refractivity contribution in [3.8, 4) is 5.75 Å². The zero-order valence-electron chi connectivity index (χ0n) is 7.47. The van der Waals surface area contributed by atoms with Crippen molar-refractivity contribution >= 4 is 17.7 Å². The molecule has 0 saturated heterocycles. The first kappa shape index (κ1) is 9.40. The standard InChI is InChI=1S/C10H10O3S/c11-10(12)5-7-6-14-9-4-2-1-3-8(9)13-7/h1-4,7H,5-6H2,(H,11,12)/t7-/m1/s1. The van der Waals surface area contributed by atoms with Gasteiger partial charge in [0.1, 0.15) is 11.9 Å². The zero-order valence-corrected chi connectivity index (χ0v) is 8.29. The van der Waals surface area contributed by atoms with Crippen LogP contribution in [0.1, 0.15) is 6.42 Å². The average Bonchev–Trinajstić information content (AvgIpc) is 2.17. The van der Waals surface area contributed by atoms with Crippen molar-refractivity contribution in [1.82, 2.24) is 0 Å². The van der Waals surface area contributed by atoms with Gasteiger partial charge in [-0.3, -0.25) is 4.79 Å². The van der Waals surface area contributed by atoms with Gasteiger partial charge in [-0.2, -0.15) is 0 Å². The topological polar surface area (TPSA) is 46.5 Å². The van der Waals surface area contributed by atoms with Crippen LogP contribution in [0.25, 0.3) is 0 Å². The van der Waals surface area contributed by atoms with E-state index in [0.29, 0.717) is 5.75 Å². The summed E-state index contributed by atoms with van der Waals surface area (Å²) in [6, 6.07) is 7.70. The Bertz CT molecular complexity index is 351. The molecule has 1 heterocycles. The van der Waals surface area contributed by atoms with E-state index in [1.807, 2.05) is 24.3 Å². The number of hydrogen-bond acceptors (Lipinski definition) is 3. The molecule has 0 aliphatic carbocycles. The number of fused-ring (bicyclic) bond motifs is 1. The van der Waals surface area contributed by atoms with Crippen LogP contribution in [-0.2, 0) is 4.79 Å². The largest absolute Gasteiger partial charge is 0.488 e. The summed E-state index contributed by atoms with van der Waals surface area (Å²) in [5.41, 5.74) is 0. The molecule has 0 amide bonds. The van der Waals surface area contributed by atoms with E-state index < -0.39 is 5.97 Å². The lowest BCUT2D eigenvalue weighted by Gasteiger charge is -2.24. The molecule has 0 radical (unpaired) electrons. The van der Waals surface area contributed by atoms with Crippen LogP contribution in [0.2, 0.25) is 0 Å². The molecular weight excluding hydrogens is 200 g/mol. The van der Waals surface area contributed by atoms with Crippen molar-refractivity contribution in [2.24, 2.45) is 0 Å². The number of carbonyl (C=O) groups is 1. The predicted octanol–water partition coefficient (Wildman–Crippen LogP) is 2.01. The van der Waals surface area contributed by atoms with Crippen molar-refractivity contribution in [2.75, 3.05) is 5.75 Å². The van der Waals surface area contributed by atoms with E-state index in [4.69, 9.17) is 9.84 Å². The Balaban J connectivity index is 2.09. The molecule has 0 saturated carbocycles. The third kappa shape index (κ3) is 2.01. The van der Waals surface area contributed by atoms with E-state index >= 15 is 0 Å². The lowest BCUT2D eigenvalue weighted by molar-refractivity contribution is -0.138. The van der Waals surface area contributed by atoms with Crippen LogP contribution in [-0.4, -0.2) is 22.9 Å². The molecule has 1 N–H and O–H groups in total. The molecule has 1 aromatic carbocycles. The maximum Gasteiger partial charge on any atom is 0.307 e. The molecule has 14 heavy (non-hydrogen) atoms. The molecule has 4 heteroatoms. The second kappa shape index (κ2) is 3.92. The summed E-state index contributed by atoms with van der Waals surface area (Å²) < 4.78 is 5.54. The lowest BCUT2D eigenvalue weighted by Crippen LogP contribution is -2.26. The van der Waals surface area contributed by atoms with Gasteiger partial charge in [0.15, 0.2) is 0 Å². The van der Waals surface area contributed by atoms with Gasteiger partial charge in [-0.1, -0.05) is 12.1 Å². The van der Waals surface area contributed by atoms with Gasteiger partial charge in [0.05, 0.1) is 6.42 Å². The predicted molar refractivity (Wildman–Crippen MR) is 53.8 cm³/mol. The fourth-order valence-electron chi connectivity index (χ4n) is 1.36. The average molecular weight is 210 g/mol. The van der Waals surface area contributed by atoms with E-state index in [1.165, 1.54) is 0 Å². The summed E-state index contributed by atoms with van der Waals surface area (Å²) in [6.07, 6.45) is -0.131. The monoisotopic (exact) mass is 210 g/mol. The number of aliphatic carboxylic acids is 1. The van der Waals surface area contributed by atoms with E-state index in [-0.39, 0.29) is 12.5 Å². The van der Waals surface area contributed by atoms with Crippen molar-refractivity contribution in [3.63, 3.8) is 0 Å². The van der Waals surface area contributed by atoms with Crippen LogP contribution < -0.4 is 4.74 Å². The molecule has 0 aromatic heterocycles. The summed E-state index contributed by atoms with van der Waals surface area (Å²) in [7, 11) is 0. The molecule has 74 valence electrons. The third-order valence-corrected chi connectivity index (χ3v) is 3.16. The molecule has 3 nitrogen and oxygen atoms in total. The number of rotatable bonds is 2. The number of hydrogen-bond donors (Lipinski definition) is 1. The minimum absolute atomic E-state index is 0.0708. The quantitative estimate of drug-likeness (QED) is 0.811. The maximum absolute atomic E-state index is 10.5. The van der Waals surface area contributed by atoms with Crippen LogP contribution in [0, 0.1) is 0 Å². The van der Waals surface area contributed by atoms with Crippen molar-refractivity contribution in [1.29, 1.82) is 0 Å². The van der Waals surface area contributed by atoms with Crippen LogP contribution in [0.5, 0.6) is 5.75 Å². The van der Waals surface area contributed by atoms with Gasteiger partial charge in [-0.15, -0.1) is 11.8 Å². The van der Waals surface area contributed by atoms with Gasteiger partial charge in [-0.05, 0) is 12.1 Å². The Kier molecular flexibility index (Phi) is 2.63. The highest BCUT2D eigenvalue weighted by Gasteiger charge is 2.21. The van der Waals surface area contributed by atoms with Gasteiger partial charge in [-0.25, -0.2) is 0 Å². The number of para-hydroxylation sites is 1. The molecule has 0 unspecified atom stereocenters. The summed E-state index contributed by atoms with van der Waals surface area (Å²) in [6.45, 7) is 0. The first-order chi connectivity index (χ1) is 6.75. The molecular formula is C10H10O3S. The van der Waals surface area contributed by atoms with E-state index in [2.05, 4.69) is 0 Å². The second-order valence-corrected chi connectivity index (χ2v) is 4.16. The zero-order chi connectivity index (χ0) is 9.97. The van der Waals surface area contributed by atoms with Crippen molar-refractivity contribution < 1.29 is 14.6 Å². The second-order valence-electron chi connectivity index (χ2n) is 3.10. The van der Waals surface area contributed by atoms with Crippen molar-refractivity contribution in [2.45, 2.75) is 17.4 Å². The number of benzene rings is 1. The smallest absolute Gasteiger partial charge is 0.307 e. The number of ether oxygens (including phenoxy) is 1. The normalized spacial score (nSPS) is 19.6.